The van der Waals surface area contributed by atoms with Gasteiger partial charge in [-0.25, -0.2) is 0 Å². The Morgan fingerprint density at radius 2 is 2.15 bits per heavy atom. The first-order valence-electron chi connectivity index (χ1n) is 4.92. The maximum Gasteiger partial charge on any atom is 0.0370 e. The highest BCUT2D eigenvalue weighted by Crippen LogP contribution is 2.40. The molecule has 2 heteroatoms. The van der Waals surface area contributed by atoms with Crippen molar-refractivity contribution in [2.75, 3.05) is 6.54 Å². The van der Waals surface area contributed by atoms with Crippen LogP contribution in [0.15, 0.2) is 24.3 Å². The second-order valence-corrected chi connectivity index (χ2v) is 4.14. The predicted octanol–water partition coefficient (Wildman–Crippen LogP) is 1.27. The average molecular weight is 174 g/mol. The van der Waals surface area contributed by atoms with Crippen molar-refractivity contribution in [1.29, 1.82) is 0 Å². The van der Waals surface area contributed by atoms with Crippen LogP contribution >= 0.6 is 0 Å². The van der Waals surface area contributed by atoms with E-state index >= 15 is 0 Å². The maximum atomic E-state index is 5.94. The largest absolute Gasteiger partial charge is 0.326 e. The van der Waals surface area contributed by atoms with Crippen LogP contribution in [0.2, 0.25) is 0 Å². The minimum absolute atomic E-state index is 0.387. The molecule has 0 amide bonds. The molecule has 2 unspecified atom stereocenters. The van der Waals surface area contributed by atoms with E-state index in [0.29, 0.717) is 12.1 Å². The van der Waals surface area contributed by atoms with Crippen LogP contribution in [0.5, 0.6) is 0 Å². The summed E-state index contributed by atoms with van der Waals surface area (Å²) in [4.78, 5) is 2.50. The molecule has 0 saturated carbocycles. The summed E-state index contributed by atoms with van der Waals surface area (Å²) in [5.41, 5.74) is 8.95. The van der Waals surface area contributed by atoms with Crippen LogP contribution in [-0.4, -0.2) is 17.5 Å². The molecule has 2 nitrogen and oxygen atoms in total. The Hall–Kier alpha value is -0.860. The van der Waals surface area contributed by atoms with E-state index in [-0.39, 0.29) is 0 Å². The molecular formula is C11H14N2. The topological polar surface area (TPSA) is 29.3 Å². The third-order valence-corrected chi connectivity index (χ3v) is 3.22. The zero-order valence-electron chi connectivity index (χ0n) is 7.61. The molecule has 0 aromatic heterocycles. The van der Waals surface area contributed by atoms with Crippen molar-refractivity contribution in [3.8, 4) is 0 Å². The van der Waals surface area contributed by atoms with Gasteiger partial charge in [0, 0.05) is 25.2 Å². The van der Waals surface area contributed by atoms with Crippen LogP contribution in [0, 0.1) is 0 Å². The van der Waals surface area contributed by atoms with Gasteiger partial charge in [0.05, 0.1) is 0 Å². The lowest BCUT2D eigenvalue weighted by molar-refractivity contribution is 0.279. The fourth-order valence-electron chi connectivity index (χ4n) is 2.66. The van der Waals surface area contributed by atoms with Crippen molar-refractivity contribution in [3.63, 3.8) is 0 Å². The van der Waals surface area contributed by atoms with Gasteiger partial charge in [-0.05, 0) is 17.5 Å². The van der Waals surface area contributed by atoms with Crippen molar-refractivity contribution in [1.82, 2.24) is 4.90 Å². The van der Waals surface area contributed by atoms with Crippen molar-refractivity contribution >= 4 is 0 Å². The third kappa shape index (κ3) is 1.02. The summed E-state index contributed by atoms with van der Waals surface area (Å²) >= 11 is 0. The summed E-state index contributed by atoms with van der Waals surface area (Å²) in [7, 11) is 0. The highest BCUT2D eigenvalue weighted by Gasteiger charge is 2.36. The molecule has 1 aromatic rings. The lowest BCUT2D eigenvalue weighted by Crippen LogP contribution is -2.24. The van der Waals surface area contributed by atoms with E-state index in [1.807, 2.05) is 0 Å². The van der Waals surface area contributed by atoms with E-state index in [9.17, 15) is 0 Å². The van der Waals surface area contributed by atoms with E-state index < -0.39 is 0 Å². The number of hydrogen-bond acceptors (Lipinski definition) is 2. The van der Waals surface area contributed by atoms with E-state index in [2.05, 4.69) is 29.2 Å². The van der Waals surface area contributed by atoms with Gasteiger partial charge in [-0.3, -0.25) is 4.90 Å². The number of fused-ring (bicyclic) bond motifs is 3. The van der Waals surface area contributed by atoms with Crippen LogP contribution in [0.25, 0.3) is 0 Å². The molecule has 0 bridgehead atoms. The summed E-state index contributed by atoms with van der Waals surface area (Å²) in [6, 6.07) is 9.74. The van der Waals surface area contributed by atoms with Gasteiger partial charge in [-0.2, -0.15) is 0 Å². The summed E-state index contributed by atoms with van der Waals surface area (Å²) in [5.74, 6) is 0. The Morgan fingerprint density at radius 3 is 3.08 bits per heavy atom. The lowest BCUT2D eigenvalue weighted by atomic mass is 10.0. The van der Waals surface area contributed by atoms with Crippen LogP contribution in [0.1, 0.15) is 23.6 Å². The Morgan fingerprint density at radius 1 is 1.31 bits per heavy atom. The smallest absolute Gasteiger partial charge is 0.0370 e. The van der Waals surface area contributed by atoms with Gasteiger partial charge in [-0.1, -0.05) is 24.3 Å². The summed E-state index contributed by atoms with van der Waals surface area (Å²) < 4.78 is 0. The Bertz CT molecular complexity index is 335. The van der Waals surface area contributed by atoms with Gasteiger partial charge in [0.25, 0.3) is 0 Å². The van der Waals surface area contributed by atoms with E-state index in [0.717, 1.165) is 19.5 Å². The van der Waals surface area contributed by atoms with E-state index in [1.54, 1.807) is 0 Å². The quantitative estimate of drug-likeness (QED) is 0.642. The molecule has 1 aromatic carbocycles. The molecule has 1 saturated heterocycles. The van der Waals surface area contributed by atoms with E-state index in [1.165, 1.54) is 11.1 Å². The SMILES string of the molecule is NC1CC2c3ccccc3CN2C1. The maximum absolute atomic E-state index is 5.94. The van der Waals surface area contributed by atoms with Crippen molar-refractivity contribution in [3.05, 3.63) is 35.4 Å². The fourth-order valence-corrected chi connectivity index (χ4v) is 2.66. The highest BCUT2D eigenvalue weighted by molar-refractivity contribution is 5.35. The molecule has 0 radical (unpaired) electrons. The Balaban J connectivity index is 2.02. The van der Waals surface area contributed by atoms with Crippen molar-refractivity contribution < 1.29 is 0 Å². The molecule has 13 heavy (non-hydrogen) atoms. The van der Waals surface area contributed by atoms with Gasteiger partial charge in [0.2, 0.25) is 0 Å². The third-order valence-electron chi connectivity index (χ3n) is 3.22. The van der Waals surface area contributed by atoms with Gasteiger partial charge < -0.3 is 5.73 Å². The van der Waals surface area contributed by atoms with Gasteiger partial charge >= 0.3 is 0 Å². The first-order chi connectivity index (χ1) is 6.34. The molecular weight excluding hydrogens is 160 g/mol. The molecule has 3 rings (SSSR count). The number of rotatable bonds is 0. The predicted molar refractivity (Wildman–Crippen MR) is 52.2 cm³/mol. The molecule has 0 spiro atoms. The molecule has 2 heterocycles. The zero-order valence-corrected chi connectivity index (χ0v) is 7.61. The molecule has 0 aliphatic carbocycles. The first kappa shape index (κ1) is 7.54. The van der Waals surface area contributed by atoms with Crippen molar-refractivity contribution in [2.24, 2.45) is 5.73 Å². The normalized spacial score (nSPS) is 31.8. The highest BCUT2D eigenvalue weighted by atomic mass is 15.2. The molecule has 2 aliphatic rings. The summed E-state index contributed by atoms with van der Waals surface area (Å²) in [6.45, 7) is 2.17. The first-order valence-corrected chi connectivity index (χ1v) is 4.92. The molecule has 2 N–H and O–H groups in total. The molecule has 2 aliphatic heterocycles. The number of benzene rings is 1. The molecule has 2 atom stereocenters. The van der Waals surface area contributed by atoms with Crippen LogP contribution in [0.3, 0.4) is 0 Å². The second kappa shape index (κ2) is 2.56. The average Bonchev–Trinajstić information content (AvgIpc) is 2.60. The minimum atomic E-state index is 0.387. The Labute approximate surface area is 78.3 Å². The summed E-state index contributed by atoms with van der Waals surface area (Å²) in [5, 5.41) is 0. The van der Waals surface area contributed by atoms with Crippen LogP contribution < -0.4 is 5.73 Å². The molecule has 1 fully saturated rings. The monoisotopic (exact) mass is 174 g/mol. The van der Waals surface area contributed by atoms with Crippen LogP contribution in [0.4, 0.5) is 0 Å². The van der Waals surface area contributed by atoms with Gasteiger partial charge in [-0.15, -0.1) is 0 Å². The second-order valence-electron chi connectivity index (χ2n) is 4.14. The Kier molecular flexibility index (Phi) is 1.49. The summed E-state index contributed by atoms with van der Waals surface area (Å²) in [6.07, 6.45) is 1.14. The zero-order chi connectivity index (χ0) is 8.84. The van der Waals surface area contributed by atoms with Crippen molar-refractivity contribution in [2.45, 2.75) is 25.0 Å². The fraction of sp³-hybridized carbons (Fsp3) is 0.455. The van der Waals surface area contributed by atoms with Gasteiger partial charge in [0.15, 0.2) is 0 Å². The van der Waals surface area contributed by atoms with E-state index in [4.69, 9.17) is 5.73 Å². The molecule has 68 valence electrons. The standard InChI is InChI=1S/C11H14N2/c12-9-5-11-10-4-2-1-3-8(10)6-13(11)7-9/h1-4,9,11H,5-7,12H2. The number of nitrogens with zero attached hydrogens (tertiary/aromatic N) is 1. The number of hydrogen-bond donors (Lipinski definition) is 1. The lowest BCUT2D eigenvalue weighted by Gasteiger charge is -2.13. The van der Waals surface area contributed by atoms with Gasteiger partial charge in [0.1, 0.15) is 0 Å². The minimum Gasteiger partial charge on any atom is -0.326 e. The number of nitrogens with two attached hydrogens (primary N) is 1. The van der Waals surface area contributed by atoms with Crippen LogP contribution in [-0.2, 0) is 6.54 Å².